The summed E-state index contributed by atoms with van der Waals surface area (Å²) in [6.45, 7) is 0. The number of allylic oxidation sites excluding steroid dienone is 2. The lowest BCUT2D eigenvalue weighted by Crippen LogP contribution is -2.54. The molecule has 136 valence electrons. The van der Waals surface area contributed by atoms with Crippen molar-refractivity contribution in [3.8, 4) is 0 Å². The maximum absolute atomic E-state index is 12.9. The van der Waals surface area contributed by atoms with Crippen LogP contribution < -0.4 is 10.2 Å². The van der Waals surface area contributed by atoms with Gasteiger partial charge < -0.3 is 0 Å². The molecular formula is C22H15N3O3. The van der Waals surface area contributed by atoms with E-state index in [0.29, 0.717) is 11.2 Å². The third kappa shape index (κ3) is 3.19. The Morgan fingerprint density at radius 2 is 1.68 bits per heavy atom. The van der Waals surface area contributed by atoms with Gasteiger partial charge in [-0.05, 0) is 23.8 Å². The van der Waals surface area contributed by atoms with Crippen LogP contribution in [0.25, 0.3) is 17.0 Å². The molecule has 1 saturated heterocycles. The predicted molar refractivity (Wildman–Crippen MR) is 106 cm³/mol. The Morgan fingerprint density at radius 1 is 0.893 bits per heavy atom. The fraction of sp³-hybridized carbons (Fsp3) is 0. The molecule has 0 atom stereocenters. The number of anilines is 1. The highest BCUT2D eigenvalue weighted by atomic mass is 16.2. The van der Waals surface area contributed by atoms with E-state index in [1.807, 2.05) is 42.5 Å². The van der Waals surface area contributed by atoms with Crippen molar-refractivity contribution in [2.24, 2.45) is 0 Å². The molecule has 28 heavy (non-hydrogen) atoms. The molecule has 6 nitrogen and oxygen atoms in total. The van der Waals surface area contributed by atoms with Gasteiger partial charge in [-0.25, -0.2) is 9.69 Å². The monoisotopic (exact) mass is 369 g/mol. The second kappa shape index (κ2) is 7.28. The number of hydrogen-bond donors (Lipinski definition) is 1. The third-order valence-electron chi connectivity index (χ3n) is 4.31. The molecule has 1 N–H and O–H groups in total. The van der Waals surface area contributed by atoms with Gasteiger partial charge >= 0.3 is 6.03 Å². The molecule has 0 aliphatic carbocycles. The van der Waals surface area contributed by atoms with Crippen molar-refractivity contribution in [2.75, 3.05) is 4.90 Å². The number of rotatable bonds is 3. The van der Waals surface area contributed by atoms with Crippen LogP contribution in [0.3, 0.4) is 0 Å². The fourth-order valence-electron chi connectivity index (χ4n) is 2.98. The zero-order chi connectivity index (χ0) is 19.5. The number of imide groups is 2. The van der Waals surface area contributed by atoms with Crippen LogP contribution in [0.5, 0.6) is 0 Å². The number of hydrogen-bond acceptors (Lipinski definition) is 4. The number of pyridine rings is 1. The van der Waals surface area contributed by atoms with E-state index in [0.717, 1.165) is 15.8 Å². The number of fused-ring (bicyclic) bond motifs is 1. The van der Waals surface area contributed by atoms with Gasteiger partial charge in [-0.2, -0.15) is 0 Å². The maximum atomic E-state index is 12.9. The molecule has 0 unspecified atom stereocenters. The van der Waals surface area contributed by atoms with Crippen LogP contribution in [-0.2, 0) is 9.59 Å². The summed E-state index contributed by atoms with van der Waals surface area (Å²) in [5.74, 6) is -1.42. The number of barbiturate groups is 1. The van der Waals surface area contributed by atoms with Crippen LogP contribution in [0.1, 0.15) is 5.56 Å². The Hall–Kier alpha value is -4.06. The highest BCUT2D eigenvalue weighted by Gasteiger charge is 2.37. The van der Waals surface area contributed by atoms with Gasteiger partial charge in [-0.3, -0.25) is 19.9 Å². The summed E-state index contributed by atoms with van der Waals surface area (Å²) in [4.78, 5) is 42.8. The average Bonchev–Trinajstić information content (AvgIpc) is 2.71. The Balaban J connectivity index is 1.72. The maximum Gasteiger partial charge on any atom is 0.336 e. The van der Waals surface area contributed by atoms with Crippen molar-refractivity contribution < 1.29 is 14.4 Å². The first kappa shape index (κ1) is 17.4. The minimum Gasteiger partial charge on any atom is -0.273 e. The van der Waals surface area contributed by atoms with E-state index >= 15 is 0 Å². The molecule has 1 aliphatic rings. The lowest BCUT2D eigenvalue weighted by atomic mass is 10.1. The van der Waals surface area contributed by atoms with Crippen molar-refractivity contribution in [3.05, 3.63) is 90.1 Å². The standard InChI is InChI=1S/C22H15N3O3/c26-20-17(12-4-9-15-7-2-1-3-8-15)21(27)25(22(28)24-20)18-13-5-10-16-11-6-14-23-19(16)18/h1-14H,(H,24,26,28). The third-order valence-corrected chi connectivity index (χ3v) is 4.31. The summed E-state index contributed by atoms with van der Waals surface area (Å²) in [7, 11) is 0. The SMILES string of the molecule is O=C1NC(=O)N(c2cccc3cccnc23)C(=O)C1=CC=Cc1ccccc1. The lowest BCUT2D eigenvalue weighted by molar-refractivity contribution is -0.122. The molecule has 3 aromatic rings. The molecule has 2 aromatic carbocycles. The summed E-state index contributed by atoms with van der Waals surface area (Å²) < 4.78 is 0. The van der Waals surface area contributed by atoms with E-state index in [-0.39, 0.29) is 5.57 Å². The number of para-hydroxylation sites is 1. The van der Waals surface area contributed by atoms with Gasteiger partial charge in [0.25, 0.3) is 11.8 Å². The summed E-state index contributed by atoms with van der Waals surface area (Å²) in [6.07, 6.45) is 6.37. The number of nitrogens with one attached hydrogen (secondary N) is 1. The molecular weight excluding hydrogens is 354 g/mol. The number of aromatic nitrogens is 1. The fourth-order valence-corrected chi connectivity index (χ4v) is 2.98. The van der Waals surface area contributed by atoms with Gasteiger partial charge in [0.15, 0.2) is 0 Å². The van der Waals surface area contributed by atoms with Crippen molar-refractivity contribution in [1.29, 1.82) is 0 Å². The zero-order valence-electron chi connectivity index (χ0n) is 14.7. The summed E-state index contributed by atoms with van der Waals surface area (Å²) in [5, 5.41) is 3.00. The van der Waals surface area contributed by atoms with Crippen LogP contribution >= 0.6 is 0 Å². The van der Waals surface area contributed by atoms with E-state index in [1.54, 1.807) is 36.5 Å². The number of nitrogens with zero attached hydrogens (tertiary/aromatic N) is 2. The van der Waals surface area contributed by atoms with Crippen LogP contribution in [0.4, 0.5) is 10.5 Å². The summed E-state index contributed by atoms with van der Waals surface area (Å²) in [6, 6.07) is 17.5. The highest BCUT2D eigenvalue weighted by molar-refractivity contribution is 6.38. The molecule has 0 saturated carbocycles. The first-order chi connectivity index (χ1) is 13.6. The van der Waals surface area contributed by atoms with Crippen LogP contribution in [0.2, 0.25) is 0 Å². The molecule has 6 heteroatoms. The molecule has 1 aromatic heterocycles. The summed E-state index contributed by atoms with van der Waals surface area (Å²) >= 11 is 0. The quantitative estimate of drug-likeness (QED) is 0.566. The first-order valence-corrected chi connectivity index (χ1v) is 8.62. The number of benzene rings is 2. The van der Waals surface area contributed by atoms with E-state index in [2.05, 4.69) is 10.3 Å². The second-order valence-corrected chi connectivity index (χ2v) is 6.10. The smallest absolute Gasteiger partial charge is 0.273 e. The molecule has 0 radical (unpaired) electrons. The van der Waals surface area contributed by atoms with Crippen molar-refractivity contribution in [3.63, 3.8) is 0 Å². The van der Waals surface area contributed by atoms with Gasteiger partial charge in [0.2, 0.25) is 0 Å². The molecule has 0 bridgehead atoms. The van der Waals surface area contributed by atoms with Crippen molar-refractivity contribution >= 4 is 40.5 Å². The van der Waals surface area contributed by atoms with E-state index in [1.165, 1.54) is 6.08 Å². The van der Waals surface area contributed by atoms with Gasteiger partial charge in [-0.15, -0.1) is 0 Å². The molecule has 2 heterocycles. The van der Waals surface area contributed by atoms with Crippen LogP contribution in [-0.4, -0.2) is 22.8 Å². The molecule has 1 aliphatic heterocycles. The largest absolute Gasteiger partial charge is 0.336 e. The Kier molecular flexibility index (Phi) is 4.51. The topological polar surface area (TPSA) is 79.4 Å². The Labute approximate surface area is 160 Å². The zero-order valence-corrected chi connectivity index (χ0v) is 14.7. The highest BCUT2D eigenvalue weighted by Crippen LogP contribution is 2.27. The number of amides is 4. The minimum atomic E-state index is -0.794. The van der Waals surface area contributed by atoms with Gasteiger partial charge in [-0.1, -0.05) is 60.7 Å². The molecule has 4 rings (SSSR count). The van der Waals surface area contributed by atoms with Crippen LogP contribution in [0.15, 0.2) is 84.6 Å². The van der Waals surface area contributed by atoms with Gasteiger partial charge in [0.1, 0.15) is 5.57 Å². The number of carbonyl (C=O) groups excluding carboxylic acids is 3. The number of carbonyl (C=O) groups is 3. The normalized spacial score (nSPS) is 16.2. The van der Waals surface area contributed by atoms with Gasteiger partial charge in [0, 0.05) is 11.6 Å². The van der Waals surface area contributed by atoms with Crippen molar-refractivity contribution in [1.82, 2.24) is 10.3 Å². The Morgan fingerprint density at radius 3 is 2.50 bits per heavy atom. The van der Waals surface area contributed by atoms with E-state index in [9.17, 15) is 14.4 Å². The van der Waals surface area contributed by atoms with Crippen LogP contribution in [0, 0.1) is 0 Å². The molecule has 1 fully saturated rings. The molecule has 0 spiro atoms. The number of urea groups is 1. The predicted octanol–water partition coefficient (Wildman–Crippen LogP) is 3.46. The minimum absolute atomic E-state index is 0.125. The van der Waals surface area contributed by atoms with Gasteiger partial charge in [0.05, 0.1) is 11.2 Å². The second-order valence-electron chi connectivity index (χ2n) is 6.10. The Bertz CT molecular complexity index is 1140. The average molecular weight is 369 g/mol. The first-order valence-electron chi connectivity index (χ1n) is 8.62. The molecule has 4 amide bonds. The van der Waals surface area contributed by atoms with E-state index < -0.39 is 17.8 Å². The lowest BCUT2D eigenvalue weighted by Gasteiger charge is -2.26. The van der Waals surface area contributed by atoms with Crippen molar-refractivity contribution in [2.45, 2.75) is 0 Å². The van der Waals surface area contributed by atoms with E-state index in [4.69, 9.17) is 0 Å². The summed E-state index contributed by atoms with van der Waals surface area (Å²) in [5.41, 5.74) is 1.63.